The van der Waals surface area contributed by atoms with Gasteiger partial charge in [0.15, 0.2) is 0 Å². The summed E-state index contributed by atoms with van der Waals surface area (Å²) in [6.45, 7) is 1.46. The van der Waals surface area contributed by atoms with E-state index in [1.165, 1.54) is 4.90 Å². The molecule has 2 atom stereocenters. The van der Waals surface area contributed by atoms with E-state index in [9.17, 15) is 18.0 Å². The van der Waals surface area contributed by atoms with E-state index < -0.39 is 24.8 Å². The van der Waals surface area contributed by atoms with E-state index in [2.05, 4.69) is 5.32 Å². The van der Waals surface area contributed by atoms with Crippen molar-refractivity contribution in [1.82, 2.24) is 10.2 Å². The van der Waals surface area contributed by atoms with Gasteiger partial charge in [-0.05, 0) is 24.1 Å². The lowest BCUT2D eigenvalue weighted by Gasteiger charge is -2.25. The van der Waals surface area contributed by atoms with Gasteiger partial charge >= 0.3 is 6.18 Å². The number of alkyl halides is 3. The van der Waals surface area contributed by atoms with Gasteiger partial charge in [-0.2, -0.15) is 13.2 Å². The maximum absolute atomic E-state index is 12.4. The summed E-state index contributed by atoms with van der Waals surface area (Å²) in [5, 5.41) is 3.55. The van der Waals surface area contributed by atoms with E-state index >= 15 is 0 Å². The van der Waals surface area contributed by atoms with Crippen molar-refractivity contribution in [2.75, 3.05) is 6.54 Å². The zero-order chi connectivity index (χ0) is 15.6. The fourth-order valence-corrected chi connectivity index (χ4v) is 2.61. The van der Waals surface area contributed by atoms with E-state index in [1.807, 2.05) is 6.92 Å². The van der Waals surface area contributed by atoms with Crippen LogP contribution in [0, 0.1) is 0 Å². The van der Waals surface area contributed by atoms with Gasteiger partial charge in [0, 0.05) is 11.6 Å². The van der Waals surface area contributed by atoms with Crippen LogP contribution in [0.2, 0.25) is 5.02 Å². The number of carbonyl (C=O) groups is 1. The lowest BCUT2D eigenvalue weighted by atomic mass is 10.1. The Morgan fingerprint density at radius 3 is 2.67 bits per heavy atom. The molecule has 0 aliphatic carbocycles. The number of nitrogens with one attached hydrogen (secondary N) is 1. The van der Waals surface area contributed by atoms with Crippen LogP contribution in [0.3, 0.4) is 0 Å². The van der Waals surface area contributed by atoms with Crippen LogP contribution < -0.4 is 5.32 Å². The highest BCUT2D eigenvalue weighted by molar-refractivity contribution is 6.30. The Hall–Kier alpha value is -1.27. The zero-order valence-corrected chi connectivity index (χ0v) is 12.2. The number of hydrogen-bond acceptors (Lipinski definition) is 2. The minimum absolute atomic E-state index is 0.299. The van der Waals surface area contributed by atoms with Gasteiger partial charge in [-0.1, -0.05) is 30.7 Å². The Morgan fingerprint density at radius 2 is 2.10 bits per heavy atom. The molecule has 0 radical (unpaired) electrons. The quantitative estimate of drug-likeness (QED) is 0.921. The second-order valence-corrected chi connectivity index (χ2v) is 5.42. The molecule has 7 heteroatoms. The van der Waals surface area contributed by atoms with Crippen molar-refractivity contribution in [1.29, 1.82) is 0 Å². The predicted molar refractivity (Wildman–Crippen MR) is 73.8 cm³/mol. The van der Waals surface area contributed by atoms with Crippen molar-refractivity contribution < 1.29 is 18.0 Å². The summed E-state index contributed by atoms with van der Waals surface area (Å²) in [6, 6.07) is 6.34. The van der Waals surface area contributed by atoms with Crippen molar-refractivity contribution in [3.05, 3.63) is 34.9 Å². The van der Waals surface area contributed by atoms with Crippen LogP contribution in [0.4, 0.5) is 13.2 Å². The summed E-state index contributed by atoms with van der Waals surface area (Å²) in [6.07, 6.45) is -5.35. The molecule has 1 aromatic carbocycles. The van der Waals surface area contributed by atoms with Crippen LogP contribution in [0.15, 0.2) is 24.3 Å². The first-order chi connectivity index (χ1) is 9.81. The second kappa shape index (κ2) is 6.23. The third kappa shape index (κ3) is 3.89. The van der Waals surface area contributed by atoms with Gasteiger partial charge < -0.3 is 4.90 Å². The maximum Gasteiger partial charge on any atom is 0.390 e. The van der Waals surface area contributed by atoms with Crippen molar-refractivity contribution in [2.24, 2.45) is 0 Å². The Bertz CT molecular complexity index is 521. The van der Waals surface area contributed by atoms with Crippen LogP contribution in [0.5, 0.6) is 0 Å². The average molecular weight is 321 g/mol. The lowest BCUT2D eigenvalue weighted by Crippen LogP contribution is -2.34. The molecule has 3 nitrogen and oxygen atoms in total. The van der Waals surface area contributed by atoms with E-state index in [-0.39, 0.29) is 12.5 Å². The predicted octanol–water partition coefficient (Wildman–Crippen LogP) is 3.50. The molecule has 1 saturated heterocycles. The smallest absolute Gasteiger partial charge is 0.321 e. The van der Waals surface area contributed by atoms with Gasteiger partial charge in [0.25, 0.3) is 0 Å². The summed E-state index contributed by atoms with van der Waals surface area (Å²) in [5.41, 5.74) is 0.689. The Morgan fingerprint density at radius 1 is 1.38 bits per heavy atom. The number of halogens is 4. The molecule has 0 saturated carbocycles. The van der Waals surface area contributed by atoms with Crippen molar-refractivity contribution in [3.8, 4) is 0 Å². The standard InChI is InChI=1S/C14H16ClF3N2O/c1-2-11-13(21)20(7-6-14(16,17)18)12(19-11)9-4-3-5-10(15)8-9/h3-5,8,11-12,19H,2,6-7H2,1H3. The van der Waals surface area contributed by atoms with Gasteiger partial charge in [0.2, 0.25) is 5.91 Å². The Balaban J connectivity index is 2.22. The molecule has 21 heavy (non-hydrogen) atoms. The third-order valence-electron chi connectivity index (χ3n) is 3.46. The first-order valence-corrected chi connectivity index (χ1v) is 7.08. The number of nitrogens with zero attached hydrogens (tertiary/aromatic N) is 1. The fourth-order valence-electron chi connectivity index (χ4n) is 2.41. The number of amides is 1. The van der Waals surface area contributed by atoms with Gasteiger partial charge in [0.05, 0.1) is 12.5 Å². The first-order valence-electron chi connectivity index (χ1n) is 6.70. The van der Waals surface area contributed by atoms with Crippen LogP contribution in [-0.2, 0) is 4.79 Å². The molecular weight excluding hydrogens is 305 g/mol. The molecule has 2 rings (SSSR count). The first kappa shape index (κ1) is 16.1. The van der Waals surface area contributed by atoms with Crippen molar-refractivity contribution in [3.63, 3.8) is 0 Å². The van der Waals surface area contributed by atoms with Crippen LogP contribution in [0.25, 0.3) is 0 Å². The van der Waals surface area contributed by atoms with Crippen LogP contribution in [-0.4, -0.2) is 29.6 Å². The largest absolute Gasteiger partial charge is 0.390 e. The monoisotopic (exact) mass is 320 g/mol. The highest BCUT2D eigenvalue weighted by atomic mass is 35.5. The number of rotatable bonds is 4. The maximum atomic E-state index is 12.4. The molecule has 0 aromatic heterocycles. The average Bonchev–Trinajstić information content (AvgIpc) is 2.72. The van der Waals surface area contributed by atoms with Crippen LogP contribution >= 0.6 is 11.6 Å². The summed E-state index contributed by atoms with van der Waals surface area (Å²) in [7, 11) is 0. The molecule has 1 fully saturated rings. The molecule has 1 amide bonds. The molecule has 1 aliphatic heterocycles. The highest BCUT2D eigenvalue weighted by Crippen LogP contribution is 2.30. The van der Waals surface area contributed by atoms with E-state index in [4.69, 9.17) is 11.6 Å². The third-order valence-corrected chi connectivity index (χ3v) is 3.70. The van der Waals surface area contributed by atoms with E-state index in [0.717, 1.165) is 0 Å². The number of hydrogen-bond donors (Lipinski definition) is 1. The number of benzene rings is 1. The molecular formula is C14H16ClF3N2O. The molecule has 2 unspecified atom stereocenters. The summed E-state index contributed by atoms with van der Waals surface area (Å²) in [5.74, 6) is -0.299. The summed E-state index contributed by atoms with van der Waals surface area (Å²) >= 11 is 5.92. The Labute approximate surface area is 126 Å². The molecule has 116 valence electrons. The molecule has 0 bridgehead atoms. The van der Waals surface area contributed by atoms with Crippen molar-refractivity contribution in [2.45, 2.75) is 38.1 Å². The SMILES string of the molecule is CCC1NC(c2cccc(Cl)c2)N(CCC(F)(F)F)C1=O. The zero-order valence-electron chi connectivity index (χ0n) is 11.5. The number of carbonyl (C=O) groups excluding carboxylic acids is 1. The molecule has 1 aromatic rings. The second-order valence-electron chi connectivity index (χ2n) is 4.98. The normalized spacial score (nSPS) is 22.9. The minimum Gasteiger partial charge on any atom is -0.321 e. The highest BCUT2D eigenvalue weighted by Gasteiger charge is 2.40. The summed E-state index contributed by atoms with van der Waals surface area (Å²) < 4.78 is 37.3. The molecule has 1 aliphatic rings. The Kier molecular flexibility index (Phi) is 4.78. The van der Waals surface area contributed by atoms with Crippen molar-refractivity contribution >= 4 is 17.5 Å². The topological polar surface area (TPSA) is 32.3 Å². The van der Waals surface area contributed by atoms with E-state index in [0.29, 0.717) is 17.0 Å². The van der Waals surface area contributed by atoms with E-state index in [1.54, 1.807) is 24.3 Å². The van der Waals surface area contributed by atoms with Gasteiger partial charge in [-0.15, -0.1) is 0 Å². The molecule has 0 spiro atoms. The minimum atomic E-state index is -4.29. The van der Waals surface area contributed by atoms with Crippen LogP contribution in [0.1, 0.15) is 31.5 Å². The molecule has 1 N–H and O–H groups in total. The van der Waals surface area contributed by atoms with Gasteiger partial charge in [-0.3, -0.25) is 10.1 Å². The summed E-state index contributed by atoms with van der Waals surface area (Å²) in [4.78, 5) is 13.4. The fraction of sp³-hybridized carbons (Fsp3) is 0.500. The van der Waals surface area contributed by atoms with Gasteiger partial charge in [-0.25, -0.2) is 0 Å². The van der Waals surface area contributed by atoms with Gasteiger partial charge in [0.1, 0.15) is 6.17 Å². The lowest BCUT2D eigenvalue weighted by molar-refractivity contribution is -0.145. The molecule has 1 heterocycles.